The highest BCUT2D eigenvalue weighted by Gasteiger charge is 2.28. The molecule has 3 rings (SSSR count). The third kappa shape index (κ3) is 2.17. The molecule has 0 saturated carbocycles. The number of aryl methyl sites for hydroxylation is 1. The number of rotatable bonds is 2. The number of anilines is 3. The maximum Gasteiger partial charge on any atom is 0.224 e. The molecular formula is C14H18N4O2. The first-order valence-electron chi connectivity index (χ1n) is 6.81. The third-order valence-corrected chi connectivity index (χ3v) is 4.08. The number of primary amides is 1. The van der Waals surface area contributed by atoms with E-state index < -0.39 is 0 Å². The van der Waals surface area contributed by atoms with Crippen LogP contribution in [0.25, 0.3) is 0 Å². The van der Waals surface area contributed by atoms with Gasteiger partial charge in [0.05, 0.1) is 17.3 Å². The van der Waals surface area contributed by atoms with Crippen molar-refractivity contribution in [2.75, 3.05) is 29.0 Å². The molecule has 2 amide bonds. The molecule has 2 aliphatic heterocycles. The summed E-state index contributed by atoms with van der Waals surface area (Å²) in [4.78, 5) is 24.8. The number of hydrogen-bond donors (Lipinski definition) is 3. The predicted octanol–water partition coefficient (Wildman–Crippen LogP) is 0.465. The molecule has 0 aromatic heterocycles. The van der Waals surface area contributed by atoms with Gasteiger partial charge in [-0.15, -0.1) is 0 Å². The van der Waals surface area contributed by atoms with Gasteiger partial charge in [-0.3, -0.25) is 9.59 Å². The summed E-state index contributed by atoms with van der Waals surface area (Å²) in [5.74, 6) is -0.359. The van der Waals surface area contributed by atoms with E-state index >= 15 is 0 Å². The van der Waals surface area contributed by atoms with E-state index in [-0.39, 0.29) is 17.7 Å². The number of benzene rings is 1. The van der Waals surface area contributed by atoms with E-state index in [2.05, 4.69) is 10.2 Å². The Hall–Kier alpha value is -2.24. The summed E-state index contributed by atoms with van der Waals surface area (Å²) in [7, 11) is 0. The van der Waals surface area contributed by atoms with Crippen molar-refractivity contribution < 1.29 is 9.59 Å². The summed E-state index contributed by atoms with van der Waals surface area (Å²) in [5.41, 5.74) is 14.9. The van der Waals surface area contributed by atoms with E-state index in [0.29, 0.717) is 18.7 Å². The Morgan fingerprint density at radius 2 is 2.15 bits per heavy atom. The molecule has 1 fully saturated rings. The van der Waals surface area contributed by atoms with Crippen LogP contribution in [0.5, 0.6) is 0 Å². The normalized spacial score (nSPS) is 21.5. The molecule has 20 heavy (non-hydrogen) atoms. The van der Waals surface area contributed by atoms with Gasteiger partial charge in [0.2, 0.25) is 11.8 Å². The highest BCUT2D eigenvalue weighted by molar-refractivity contribution is 5.95. The van der Waals surface area contributed by atoms with Gasteiger partial charge in [0.1, 0.15) is 0 Å². The van der Waals surface area contributed by atoms with Crippen LogP contribution < -0.4 is 21.7 Å². The summed E-state index contributed by atoms with van der Waals surface area (Å²) in [6, 6.07) is 3.83. The van der Waals surface area contributed by atoms with Crippen LogP contribution >= 0.6 is 0 Å². The molecule has 2 heterocycles. The van der Waals surface area contributed by atoms with Crippen molar-refractivity contribution in [1.29, 1.82) is 0 Å². The lowest BCUT2D eigenvalue weighted by Crippen LogP contribution is -2.28. The second-order valence-electron chi connectivity index (χ2n) is 5.45. The topological polar surface area (TPSA) is 101 Å². The first kappa shape index (κ1) is 12.8. The lowest BCUT2D eigenvalue weighted by atomic mass is 10.0. The second kappa shape index (κ2) is 4.70. The van der Waals surface area contributed by atoms with Crippen LogP contribution in [-0.4, -0.2) is 24.9 Å². The fraction of sp³-hybridized carbons (Fsp3) is 0.429. The van der Waals surface area contributed by atoms with Gasteiger partial charge in [0, 0.05) is 25.2 Å². The zero-order chi connectivity index (χ0) is 14.3. The minimum absolute atomic E-state index is 0.0321. The average molecular weight is 274 g/mol. The number of nitrogens with one attached hydrogen (secondary N) is 1. The lowest BCUT2D eigenvalue weighted by Gasteiger charge is -2.24. The quantitative estimate of drug-likeness (QED) is 0.682. The minimum Gasteiger partial charge on any atom is -0.397 e. The van der Waals surface area contributed by atoms with Crippen LogP contribution in [-0.2, 0) is 16.0 Å². The fourth-order valence-electron chi connectivity index (χ4n) is 2.92. The molecule has 1 saturated heterocycles. The van der Waals surface area contributed by atoms with Gasteiger partial charge in [0.25, 0.3) is 0 Å². The molecule has 5 N–H and O–H groups in total. The monoisotopic (exact) mass is 274 g/mol. The molecule has 6 heteroatoms. The van der Waals surface area contributed by atoms with Gasteiger partial charge < -0.3 is 21.7 Å². The maximum atomic E-state index is 11.5. The molecular weight excluding hydrogens is 256 g/mol. The van der Waals surface area contributed by atoms with Crippen LogP contribution in [0.2, 0.25) is 0 Å². The molecule has 6 nitrogen and oxygen atoms in total. The lowest BCUT2D eigenvalue weighted by molar-refractivity contribution is -0.121. The molecule has 1 atom stereocenters. The fourth-order valence-corrected chi connectivity index (χ4v) is 2.92. The van der Waals surface area contributed by atoms with Crippen LogP contribution in [0.1, 0.15) is 18.4 Å². The van der Waals surface area contributed by atoms with Gasteiger partial charge in [-0.05, 0) is 30.5 Å². The van der Waals surface area contributed by atoms with Gasteiger partial charge in [0.15, 0.2) is 0 Å². The van der Waals surface area contributed by atoms with Crippen molar-refractivity contribution in [3.63, 3.8) is 0 Å². The Bertz CT molecular complexity index is 585. The number of fused-ring (bicyclic) bond motifs is 1. The van der Waals surface area contributed by atoms with Gasteiger partial charge in [-0.1, -0.05) is 0 Å². The Kier molecular flexibility index (Phi) is 3.00. The summed E-state index contributed by atoms with van der Waals surface area (Å²) in [6.07, 6.45) is 1.97. The highest BCUT2D eigenvalue weighted by Crippen LogP contribution is 2.35. The van der Waals surface area contributed by atoms with Crippen molar-refractivity contribution in [2.24, 2.45) is 11.7 Å². The SMILES string of the molecule is NC(=O)C1CCN(c2cc3c(cc2N)CCC(=O)N3)C1. The Morgan fingerprint density at radius 3 is 2.85 bits per heavy atom. The molecule has 0 bridgehead atoms. The molecule has 1 aromatic carbocycles. The van der Waals surface area contributed by atoms with E-state index in [4.69, 9.17) is 11.5 Å². The zero-order valence-electron chi connectivity index (χ0n) is 11.2. The van der Waals surface area contributed by atoms with Crippen LogP contribution in [0, 0.1) is 5.92 Å². The summed E-state index contributed by atoms with van der Waals surface area (Å²) in [6.45, 7) is 1.34. The number of carbonyl (C=O) groups is 2. The molecule has 106 valence electrons. The van der Waals surface area contributed by atoms with E-state index in [0.717, 1.165) is 36.3 Å². The summed E-state index contributed by atoms with van der Waals surface area (Å²) in [5, 5.41) is 2.87. The number of nitrogens with two attached hydrogens (primary N) is 2. The largest absolute Gasteiger partial charge is 0.397 e. The minimum atomic E-state index is -0.266. The molecule has 0 spiro atoms. The molecule has 0 radical (unpaired) electrons. The summed E-state index contributed by atoms with van der Waals surface area (Å²) < 4.78 is 0. The van der Waals surface area contributed by atoms with E-state index in [1.54, 1.807) is 0 Å². The van der Waals surface area contributed by atoms with E-state index in [1.165, 1.54) is 0 Å². The molecule has 1 aromatic rings. The predicted molar refractivity (Wildman–Crippen MR) is 77.3 cm³/mol. The Labute approximate surface area is 117 Å². The second-order valence-corrected chi connectivity index (χ2v) is 5.45. The van der Waals surface area contributed by atoms with Crippen molar-refractivity contribution in [2.45, 2.75) is 19.3 Å². The van der Waals surface area contributed by atoms with Crippen molar-refractivity contribution in [3.05, 3.63) is 17.7 Å². The standard InChI is InChI=1S/C14H18N4O2/c15-10-5-8-1-2-13(19)17-11(8)6-12(10)18-4-3-9(7-18)14(16)20/h5-6,9H,1-4,7,15H2,(H2,16,20)(H,17,19). The third-order valence-electron chi connectivity index (χ3n) is 4.08. The van der Waals surface area contributed by atoms with E-state index in [1.807, 2.05) is 12.1 Å². The Balaban J connectivity index is 1.89. The maximum absolute atomic E-state index is 11.5. The van der Waals surface area contributed by atoms with Gasteiger partial charge in [-0.25, -0.2) is 0 Å². The van der Waals surface area contributed by atoms with Gasteiger partial charge in [-0.2, -0.15) is 0 Å². The molecule has 1 unspecified atom stereocenters. The van der Waals surface area contributed by atoms with Gasteiger partial charge >= 0.3 is 0 Å². The van der Waals surface area contributed by atoms with E-state index in [9.17, 15) is 9.59 Å². The summed E-state index contributed by atoms with van der Waals surface area (Å²) >= 11 is 0. The van der Waals surface area contributed by atoms with Crippen LogP contribution in [0.3, 0.4) is 0 Å². The number of nitrogens with zero attached hydrogens (tertiary/aromatic N) is 1. The van der Waals surface area contributed by atoms with Crippen LogP contribution in [0.15, 0.2) is 12.1 Å². The average Bonchev–Trinajstić information content (AvgIpc) is 2.88. The number of hydrogen-bond acceptors (Lipinski definition) is 4. The first-order valence-corrected chi connectivity index (χ1v) is 6.81. The first-order chi connectivity index (χ1) is 9.54. The smallest absolute Gasteiger partial charge is 0.224 e. The van der Waals surface area contributed by atoms with Crippen molar-refractivity contribution in [3.8, 4) is 0 Å². The molecule has 2 aliphatic rings. The zero-order valence-corrected chi connectivity index (χ0v) is 11.2. The molecule has 0 aliphatic carbocycles. The number of nitrogen functional groups attached to an aromatic ring is 1. The van der Waals surface area contributed by atoms with Crippen molar-refractivity contribution in [1.82, 2.24) is 0 Å². The van der Waals surface area contributed by atoms with Crippen molar-refractivity contribution >= 4 is 28.9 Å². The highest BCUT2D eigenvalue weighted by atomic mass is 16.2. The van der Waals surface area contributed by atoms with Crippen LogP contribution in [0.4, 0.5) is 17.1 Å². The number of carbonyl (C=O) groups excluding carboxylic acids is 2. The number of amides is 2. The Morgan fingerprint density at radius 1 is 1.35 bits per heavy atom.